The number of hydrogen-bond donors (Lipinski definition) is 0. The lowest BCUT2D eigenvalue weighted by Crippen LogP contribution is -2.50. The number of carbonyl (C=O) groups is 1. The molecule has 0 radical (unpaired) electrons. The second-order valence-electron chi connectivity index (χ2n) is 7.69. The van der Waals surface area contributed by atoms with Crippen molar-refractivity contribution in [2.45, 2.75) is 24.3 Å². The SMILES string of the molecule is O=C(c1cccc(CN2CCCC2)c1)N1CCN(S(=O)(=O)c2ccccc2)CC1. The first-order valence-corrected chi connectivity index (χ1v) is 11.6. The smallest absolute Gasteiger partial charge is 0.253 e. The maximum Gasteiger partial charge on any atom is 0.253 e. The summed E-state index contributed by atoms with van der Waals surface area (Å²) in [5, 5.41) is 0. The molecule has 154 valence electrons. The molecule has 29 heavy (non-hydrogen) atoms. The van der Waals surface area contributed by atoms with Gasteiger partial charge in [0.25, 0.3) is 5.91 Å². The van der Waals surface area contributed by atoms with Gasteiger partial charge in [0.05, 0.1) is 4.90 Å². The minimum atomic E-state index is -3.51. The van der Waals surface area contributed by atoms with Crippen LogP contribution in [0.2, 0.25) is 0 Å². The van der Waals surface area contributed by atoms with Gasteiger partial charge < -0.3 is 4.90 Å². The van der Waals surface area contributed by atoms with Crippen molar-refractivity contribution in [2.75, 3.05) is 39.3 Å². The fraction of sp³-hybridized carbons (Fsp3) is 0.409. The molecule has 0 atom stereocenters. The van der Waals surface area contributed by atoms with E-state index >= 15 is 0 Å². The summed E-state index contributed by atoms with van der Waals surface area (Å²) in [5.41, 5.74) is 1.84. The van der Waals surface area contributed by atoms with Gasteiger partial charge >= 0.3 is 0 Å². The van der Waals surface area contributed by atoms with Crippen LogP contribution in [0, 0.1) is 0 Å². The maximum absolute atomic E-state index is 13.0. The van der Waals surface area contributed by atoms with Crippen molar-refractivity contribution in [1.82, 2.24) is 14.1 Å². The highest BCUT2D eigenvalue weighted by Gasteiger charge is 2.30. The summed E-state index contributed by atoms with van der Waals surface area (Å²) in [6.07, 6.45) is 2.49. The van der Waals surface area contributed by atoms with E-state index in [0.29, 0.717) is 36.6 Å². The van der Waals surface area contributed by atoms with Gasteiger partial charge in [0, 0.05) is 38.3 Å². The summed E-state index contributed by atoms with van der Waals surface area (Å²) in [6, 6.07) is 16.3. The zero-order chi connectivity index (χ0) is 20.3. The molecule has 7 heteroatoms. The quantitative estimate of drug-likeness (QED) is 0.755. The van der Waals surface area contributed by atoms with Crippen LogP contribution in [0.1, 0.15) is 28.8 Å². The fourth-order valence-electron chi connectivity index (χ4n) is 4.06. The fourth-order valence-corrected chi connectivity index (χ4v) is 5.50. The van der Waals surface area contributed by atoms with Crippen molar-refractivity contribution < 1.29 is 13.2 Å². The Kier molecular flexibility index (Phi) is 5.99. The first kappa shape index (κ1) is 20.1. The number of benzene rings is 2. The van der Waals surface area contributed by atoms with Gasteiger partial charge in [0.15, 0.2) is 0 Å². The normalized spacial score (nSPS) is 18.8. The molecule has 0 unspecified atom stereocenters. The number of amides is 1. The van der Waals surface area contributed by atoms with Crippen LogP contribution < -0.4 is 0 Å². The van der Waals surface area contributed by atoms with Crippen LogP contribution in [0.4, 0.5) is 0 Å². The van der Waals surface area contributed by atoms with Gasteiger partial charge in [-0.05, 0) is 55.8 Å². The molecule has 4 rings (SSSR count). The summed E-state index contributed by atoms with van der Waals surface area (Å²) in [7, 11) is -3.51. The van der Waals surface area contributed by atoms with Gasteiger partial charge in [0.2, 0.25) is 10.0 Å². The second-order valence-corrected chi connectivity index (χ2v) is 9.63. The first-order chi connectivity index (χ1) is 14.0. The van der Waals surface area contributed by atoms with Crippen LogP contribution in [-0.2, 0) is 16.6 Å². The van der Waals surface area contributed by atoms with E-state index in [1.54, 1.807) is 35.2 Å². The van der Waals surface area contributed by atoms with Crippen molar-refractivity contribution >= 4 is 15.9 Å². The number of piperazine rings is 1. The molecule has 0 saturated carbocycles. The summed E-state index contributed by atoms with van der Waals surface area (Å²) >= 11 is 0. The summed E-state index contributed by atoms with van der Waals surface area (Å²) in [4.78, 5) is 17.4. The maximum atomic E-state index is 13.0. The van der Waals surface area contributed by atoms with Gasteiger partial charge in [-0.15, -0.1) is 0 Å². The third-order valence-corrected chi connectivity index (χ3v) is 7.60. The molecule has 2 fully saturated rings. The molecule has 1 amide bonds. The van der Waals surface area contributed by atoms with Gasteiger partial charge in [-0.1, -0.05) is 30.3 Å². The third kappa shape index (κ3) is 4.52. The molecule has 0 bridgehead atoms. The number of sulfonamides is 1. The van der Waals surface area contributed by atoms with Crippen LogP contribution in [0.3, 0.4) is 0 Å². The van der Waals surface area contributed by atoms with E-state index in [-0.39, 0.29) is 5.91 Å². The molecule has 2 aromatic rings. The molecule has 2 aromatic carbocycles. The van der Waals surface area contributed by atoms with E-state index in [0.717, 1.165) is 25.2 Å². The highest BCUT2D eigenvalue weighted by molar-refractivity contribution is 7.89. The minimum absolute atomic E-state index is 0.0231. The lowest BCUT2D eigenvalue weighted by atomic mass is 10.1. The van der Waals surface area contributed by atoms with Crippen LogP contribution >= 0.6 is 0 Å². The highest BCUT2D eigenvalue weighted by Crippen LogP contribution is 2.19. The topological polar surface area (TPSA) is 60.9 Å². The predicted molar refractivity (Wildman–Crippen MR) is 112 cm³/mol. The molecule has 2 aliphatic heterocycles. The average molecular weight is 414 g/mol. The molecule has 0 N–H and O–H groups in total. The predicted octanol–water partition coefficient (Wildman–Crippen LogP) is 2.43. The largest absolute Gasteiger partial charge is 0.336 e. The summed E-state index contributed by atoms with van der Waals surface area (Å²) in [5.74, 6) is -0.0231. The summed E-state index contributed by atoms with van der Waals surface area (Å²) < 4.78 is 27.0. The standard InChI is InChI=1S/C22H27N3O3S/c26-22(20-8-6-7-19(17-20)18-23-11-4-5-12-23)24-13-15-25(16-14-24)29(27,28)21-9-2-1-3-10-21/h1-3,6-10,17H,4-5,11-16,18H2. The molecule has 6 nitrogen and oxygen atoms in total. The Morgan fingerprint density at radius 2 is 1.52 bits per heavy atom. The Morgan fingerprint density at radius 1 is 0.828 bits per heavy atom. The number of nitrogens with zero attached hydrogens (tertiary/aromatic N) is 3. The van der Waals surface area contributed by atoms with Crippen molar-refractivity contribution in [1.29, 1.82) is 0 Å². The van der Waals surface area contributed by atoms with Gasteiger partial charge in [-0.3, -0.25) is 9.69 Å². The molecule has 2 aliphatic rings. The number of carbonyl (C=O) groups excluding carboxylic acids is 1. The minimum Gasteiger partial charge on any atom is -0.336 e. The van der Waals surface area contributed by atoms with Crippen LogP contribution in [0.25, 0.3) is 0 Å². The van der Waals surface area contributed by atoms with Crippen molar-refractivity contribution in [3.8, 4) is 0 Å². The van der Waals surface area contributed by atoms with Crippen LogP contribution in [0.5, 0.6) is 0 Å². The molecule has 2 heterocycles. The molecular weight excluding hydrogens is 386 g/mol. The molecule has 0 spiro atoms. The number of likely N-dealkylation sites (tertiary alicyclic amines) is 1. The second kappa shape index (κ2) is 8.65. The zero-order valence-corrected chi connectivity index (χ0v) is 17.4. The van der Waals surface area contributed by atoms with Crippen molar-refractivity contribution in [3.63, 3.8) is 0 Å². The zero-order valence-electron chi connectivity index (χ0n) is 16.5. The molecule has 0 aliphatic carbocycles. The van der Waals surface area contributed by atoms with E-state index in [1.165, 1.54) is 17.1 Å². The van der Waals surface area contributed by atoms with Crippen molar-refractivity contribution in [2.24, 2.45) is 0 Å². The van der Waals surface area contributed by atoms with Crippen LogP contribution in [-0.4, -0.2) is 67.7 Å². The Labute approximate surface area is 172 Å². The molecule has 0 aromatic heterocycles. The highest BCUT2D eigenvalue weighted by atomic mass is 32.2. The Hall–Kier alpha value is -2.22. The molecule has 2 saturated heterocycles. The monoisotopic (exact) mass is 413 g/mol. The van der Waals surface area contributed by atoms with Gasteiger partial charge in [0.1, 0.15) is 0 Å². The van der Waals surface area contributed by atoms with E-state index in [1.807, 2.05) is 18.2 Å². The first-order valence-electron chi connectivity index (χ1n) is 10.2. The lowest BCUT2D eigenvalue weighted by molar-refractivity contribution is 0.0697. The van der Waals surface area contributed by atoms with Crippen molar-refractivity contribution in [3.05, 3.63) is 65.7 Å². The molecular formula is C22H27N3O3S. The Morgan fingerprint density at radius 3 is 2.21 bits per heavy atom. The lowest BCUT2D eigenvalue weighted by Gasteiger charge is -2.34. The Balaban J connectivity index is 1.39. The van der Waals surface area contributed by atoms with Gasteiger partial charge in [-0.2, -0.15) is 4.31 Å². The van der Waals surface area contributed by atoms with E-state index in [2.05, 4.69) is 11.0 Å². The van der Waals surface area contributed by atoms with E-state index in [4.69, 9.17) is 0 Å². The van der Waals surface area contributed by atoms with Crippen LogP contribution in [0.15, 0.2) is 59.5 Å². The summed E-state index contributed by atoms with van der Waals surface area (Å²) in [6.45, 7) is 4.56. The number of rotatable bonds is 5. The van der Waals surface area contributed by atoms with E-state index in [9.17, 15) is 13.2 Å². The average Bonchev–Trinajstić information content (AvgIpc) is 3.27. The van der Waals surface area contributed by atoms with E-state index < -0.39 is 10.0 Å². The Bertz CT molecular complexity index is 948. The third-order valence-electron chi connectivity index (χ3n) is 5.69. The van der Waals surface area contributed by atoms with Gasteiger partial charge in [-0.25, -0.2) is 8.42 Å². The number of hydrogen-bond acceptors (Lipinski definition) is 4.